The summed E-state index contributed by atoms with van der Waals surface area (Å²) >= 11 is 0. The van der Waals surface area contributed by atoms with Crippen molar-refractivity contribution in [2.24, 2.45) is 5.73 Å². The maximum atomic E-state index is 12.2. The number of anilines is 1. The van der Waals surface area contributed by atoms with Crippen LogP contribution in [0.2, 0.25) is 0 Å². The summed E-state index contributed by atoms with van der Waals surface area (Å²) in [5.41, 5.74) is 9.04. The lowest BCUT2D eigenvalue weighted by atomic mass is 9.85. The Labute approximate surface area is 124 Å². The van der Waals surface area contributed by atoms with E-state index < -0.39 is 6.04 Å². The van der Waals surface area contributed by atoms with Gasteiger partial charge in [0, 0.05) is 11.5 Å². The zero-order valence-electron chi connectivity index (χ0n) is 12.3. The van der Waals surface area contributed by atoms with E-state index in [1.165, 1.54) is 0 Å². The van der Waals surface area contributed by atoms with E-state index >= 15 is 0 Å². The van der Waals surface area contributed by atoms with Gasteiger partial charge < -0.3 is 11.1 Å². The Hall–Kier alpha value is -2.14. The van der Waals surface area contributed by atoms with Gasteiger partial charge in [0.05, 0.1) is 17.4 Å². The lowest BCUT2D eigenvalue weighted by Gasteiger charge is -2.29. The molecule has 0 unspecified atom stereocenters. The maximum absolute atomic E-state index is 12.2. The Balaban J connectivity index is 2.15. The average molecular weight is 284 g/mol. The number of fused-ring (bicyclic) bond motifs is 1. The number of nitrogens with zero attached hydrogens (tertiary/aromatic N) is 2. The molecule has 0 radical (unpaired) electrons. The highest BCUT2D eigenvalue weighted by molar-refractivity contribution is 5.98. The number of carbonyl (C=O) groups excluding carboxylic acids is 1. The molecule has 0 saturated carbocycles. The molecule has 1 aliphatic heterocycles. The van der Waals surface area contributed by atoms with Gasteiger partial charge in [-0.05, 0) is 25.5 Å². The minimum atomic E-state index is -0.496. The third-order valence-electron chi connectivity index (χ3n) is 4.06. The van der Waals surface area contributed by atoms with Crippen LogP contribution in [-0.2, 0) is 4.79 Å². The molecule has 21 heavy (non-hydrogen) atoms. The molecule has 0 bridgehead atoms. The number of rotatable bonds is 3. The molecule has 110 valence electrons. The second kappa shape index (κ2) is 5.33. The number of nitrogens with two attached hydrogens (primary N) is 1. The highest BCUT2D eigenvalue weighted by atomic mass is 16.2. The Kier molecular flexibility index (Phi) is 3.51. The van der Waals surface area contributed by atoms with Crippen LogP contribution in [0.1, 0.15) is 36.9 Å². The molecule has 0 saturated heterocycles. The number of hydrogen-bond donors (Lipinski definition) is 2. The molecule has 2 heterocycles. The highest BCUT2D eigenvalue weighted by Gasteiger charge is 2.37. The van der Waals surface area contributed by atoms with E-state index in [2.05, 4.69) is 17.3 Å². The van der Waals surface area contributed by atoms with Crippen LogP contribution in [0.25, 0.3) is 5.69 Å². The van der Waals surface area contributed by atoms with Crippen molar-refractivity contribution in [2.75, 3.05) is 5.32 Å². The van der Waals surface area contributed by atoms with E-state index in [0.717, 1.165) is 35.6 Å². The van der Waals surface area contributed by atoms with Crippen LogP contribution in [0, 0.1) is 6.92 Å². The summed E-state index contributed by atoms with van der Waals surface area (Å²) in [5.74, 6) is 0.679. The smallest absolute Gasteiger partial charge is 0.243 e. The van der Waals surface area contributed by atoms with E-state index in [4.69, 9.17) is 5.73 Å². The van der Waals surface area contributed by atoms with Crippen molar-refractivity contribution in [3.8, 4) is 5.69 Å². The third kappa shape index (κ3) is 2.23. The first kappa shape index (κ1) is 13.8. The van der Waals surface area contributed by atoms with E-state index in [1.807, 2.05) is 37.3 Å². The first-order valence-electron chi connectivity index (χ1n) is 7.35. The molecule has 2 atom stereocenters. The lowest BCUT2D eigenvalue weighted by molar-refractivity contribution is -0.118. The van der Waals surface area contributed by atoms with Crippen molar-refractivity contribution in [2.45, 2.75) is 38.6 Å². The van der Waals surface area contributed by atoms with E-state index in [-0.39, 0.29) is 11.8 Å². The lowest BCUT2D eigenvalue weighted by Crippen LogP contribution is -2.44. The van der Waals surface area contributed by atoms with Gasteiger partial charge in [0.2, 0.25) is 5.91 Å². The molecular weight excluding hydrogens is 264 g/mol. The Morgan fingerprint density at radius 1 is 1.33 bits per heavy atom. The zero-order valence-corrected chi connectivity index (χ0v) is 12.3. The van der Waals surface area contributed by atoms with Gasteiger partial charge in [0.25, 0.3) is 0 Å². The van der Waals surface area contributed by atoms with Gasteiger partial charge in [0.15, 0.2) is 0 Å². The quantitative estimate of drug-likeness (QED) is 0.908. The van der Waals surface area contributed by atoms with Crippen LogP contribution in [0.5, 0.6) is 0 Å². The first-order chi connectivity index (χ1) is 10.1. The molecular formula is C16H20N4O. The van der Waals surface area contributed by atoms with Crippen LogP contribution in [0.4, 0.5) is 5.82 Å². The average Bonchev–Trinajstić information content (AvgIpc) is 2.81. The van der Waals surface area contributed by atoms with Gasteiger partial charge >= 0.3 is 0 Å². The molecule has 5 heteroatoms. The number of benzene rings is 1. The van der Waals surface area contributed by atoms with E-state index in [9.17, 15) is 4.79 Å². The molecule has 3 rings (SSSR count). The zero-order chi connectivity index (χ0) is 15.0. The number of amides is 1. The van der Waals surface area contributed by atoms with Crippen LogP contribution in [-0.4, -0.2) is 21.7 Å². The number of aromatic nitrogens is 2. The number of aryl methyl sites for hydroxylation is 1. The van der Waals surface area contributed by atoms with Gasteiger partial charge in [0.1, 0.15) is 5.82 Å². The molecule has 0 spiro atoms. The summed E-state index contributed by atoms with van der Waals surface area (Å²) in [4.78, 5) is 12.2. The van der Waals surface area contributed by atoms with Crippen molar-refractivity contribution in [1.82, 2.24) is 9.78 Å². The van der Waals surface area contributed by atoms with Crippen molar-refractivity contribution in [3.05, 3.63) is 41.6 Å². The Morgan fingerprint density at radius 3 is 2.71 bits per heavy atom. The third-order valence-corrected chi connectivity index (χ3v) is 4.06. The summed E-state index contributed by atoms with van der Waals surface area (Å²) in [7, 11) is 0. The molecule has 5 nitrogen and oxygen atoms in total. The summed E-state index contributed by atoms with van der Waals surface area (Å²) in [6.45, 7) is 4.08. The maximum Gasteiger partial charge on any atom is 0.243 e. The molecule has 1 amide bonds. The van der Waals surface area contributed by atoms with Gasteiger partial charge in [-0.1, -0.05) is 31.5 Å². The number of nitrogens with one attached hydrogen (secondary N) is 1. The second-order valence-electron chi connectivity index (χ2n) is 5.51. The van der Waals surface area contributed by atoms with Gasteiger partial charge in [-0.2, -0.15) is 5.10 Å². The van der Waals surface area contributed by atoms with Crippen molar-refractivity contribution in [3.63, 3.8) is 0 Å². The predicted molar refractivity (Wildman–Crippen MR) is 82.6 cm³/mol. The molecule has 2 aromatic rings. The fraction of sp³-hybridized carbons (Fsp3) is 0.375. The van der Waals surface area contributed by atoms with E-state index in [1.54, 1.807) is 4.68 Å². The van der Waals surface area contributed by atoms with Crippen molar-refractivity contribution in [1.29, 1.82) is 0 Å². The molecule has 0 aliphatic carbocycles. The molecule has 1 aromatic carbocycles. The Bertz CT molecular complexity index is 662. The minimum Gasteiger partial charge on any atom is -0.319 e. The molecule has 3 N–H and O–H groups in total. The summed E-state index contributed by atoms with van der Waals surface area (Å²) in [5, 5.41) is 7.53. The highest BCUT2D eigenvalue weighted by Crippen LogP contribution is 2.38. The minimum absolute atomic E-state index is 0.0382. The fourth-order valence-corrected chi connectivity index (χ4v) is 3.06. The van der Waals surface area contributed by atoms with Crippen LogP contribution < -0.4 is 11.1 Å². The van der Waals surface area contributed by atoms with Crippen molar-refractivity contribution < 1.29 is 4.79 Å². The SMILES string of the molecule is CCC[C@H]1c2c(C)nn(-c3ccccc3)c2NC(=O)[C@H]1N. The normalized spacial score (nSPS) is 21.0. The molecule has 1 aliphatic rings. The first-order valence-corrected chi connectivity index (χ1v) is 7.35. The predicted octanol–water partition coefficient (Wildman–Crippen LogP) is 2.34. The molecule has 0 fully saturated rings. The van der Waals surface area contributed by atoms with E-state index in [0.29, 0.717) is 0 Å². The van der Waals surface area contributed by atoms with Crippen LogP contribution >= 0.6 is 0 Å². The summed E-state index contributed by atoms with van der Waals surface area (Å²) in [6.07, 6.45) is 1.88. The van der Waals surface area contributed by atoms with Crippen LogP contribution in [0.15, 0.2) is 30.3 Å². The number of hydrogen-bond acceptors (Lipinski definition) is 3. The van der Waals surface area contributed by atoms with Gasteiger partial charge in [-0.15, -0.1) is 0 Å². The van der Waals surface area contributed by atoms with Gasteiger partial charge in [-0.25, -0.2) is 4.68 Å². The van der Waals surface area contributed by atoms with Gasteiger partial charge in [-0.3, -0.25) is 4.79 Å². The largest absolute Gasteiger partial charge is 0.319 e. The number of carbonyl (C=O) groups is 1. The monoisotopic (exact) mass is 284 g/mol. The molecule has 1 aromatic heterocycles. The fourth-order valence-electron chi connectivity index (χ4n) is 3.06. The topological polar surface area (TPSA) is 72.9 Å². The van der Waals surface area contributed by atoms with Crippen molar-refractivity contribution >= 4 is 11.7 Å². The standard InChI is InChI=1S/C16H20N4O/c1-3-7-12-13-10(2)19-20(11-8-5-4-6-9-11)15(13)18-16(21)14(12)17/h4-6,8-9,12,14H,3,7,17H2,1-2H3,(H,18,21)/t12-,14-/m0/s1. The number of para-hydroxylation sites is 1. The Morgan fingerprint density at radius 2 is 2.05 bits per heavy atom. The van der Waals surface area contributed by atoms with Crippen LogP contribution in [0.3, 0.4) is 0 Å². The second-order valence-corrected chi connectivity index (χ2v) is 5.51. The summed E-state index contributed by atoms with van der Waals surface area (Å²) < 4.78 is 1.80. The summed E-state index contributed by atoms with van der Waals surface area (Å²) in [6, 6.07) is 9.33.